The summed E-state index contributed by atoms with van der Waals surface area (Å²) in [6.07, 6.45) is 3.66. The molecule has 0 amide bonds. The molecule has 2 aromatic heterocycles. The Kier molecular flexibility index (Phi) is 7.94. The van der Waals surface area contributed by atoms with Crippen LogP contribution in [-0.4, -0.2) is 33.7 Å². The van der Waals surface area contributed by atoms with Crippen molar-refractivity contribution in [1.82, 2.24) is 9.55 Å². The molecule has 2 aliphatic rings. The summed E-state index contributed by atoms with van der Waals surface area (Å²) in [5.41, 5.74) is 0.969. The van der Waals surface area contributed by atoms with Gasteiger partial charge in [0, 0.05) is 30.1 Å². The number of carbonyl (C=O) groups is 1. The lowest BCUT2D eigenvalue weighted by Gasteiger charge is -2.28. The zero-order valence-corrected chi connectivity index (χ0v) is 24.2. The normalized spacial score (nSPS) is 17.4. The largest absolute Gasteiger partial charge is 0.480 e. The molecule has 2 aromatic carbocycles. The minimum Gasteiger partial charge on any atom is -0.480 e. The van der Waals surface area contributed by atoms with Crippen molar-refractivity contribution in [3.05, 3.63) is 92.9 Å². The van der Waals surface area contributed by atoms with E-state index in [-0.39, 0.29) is 23.6 Å². The first-order valence-electron chi connectivity index (χ1n) is 14.6. The molecule has 1 N–H and O–H groups in total. The number of para-hydroxylation sites is 1. The van der Waals surface area contributed by atoms with Crippen molar-refractivity contribution >= 4 is 34.3 Å². The quantitative estimate of drug-likeness (QED) is 0.232. The molecule has 10 heteroatoms. The predicted octanol–water partition coefficient (Wildman–Crippen LogP) is 7.74. The fraction of sp³-hybridized carbons (Fsp3) is 0.364. The molecule has 0 radical (unpaired) electrons. The summed E-state index contributed by atoms with van der Waals surface area (Å²) in [4.78, 5) is 32.6. The van der Waals surface area contributed by atoms with Gasteiger partial charge in [-0.1, -0.05) is 74.0 Å². The van der Waals surface area contributed by atoms with Gasteiger partial charge in [0.25, 0.3) is 5.56 Å². The number of nitrogens with zero attached hydrogens (tertiary/aromatic N) is 3. The number of anilines is 1. The molecule has 6 rings (SSSR count). The topological polar surface area (TPSA) is 75.4 Å². The van der Waals surface area contributed by atoms with E-state index < -0.39 is 29.3 Å². The Hall–Kier alpha value is -3.85. The van der Waals surface area contributed by atoms with Crippen LogP contribution in [0.1, 0.15) is 61.3 Å². The predicted molar refractivity (Wildman–Crippen MR) is 161 cm³/mol. The van der Waals surface area contributed by atoms with Gasteiger partial charge in [-0.15, -0.1) is 0 Å². The zero-order valence-electron chi connectivity index (χ0n) is 23.4. The van der Waals surface area contributed by atoms with Crippen LogP contribution in [0.2, 0.25) is 5.02 Å². The Labute approximate surface area is 251 Å². The highest BCUT2D eigenvalue weighted by molar-refractivity contribution is 6.32. The number of carboxylic acid groups (broad SMARTS) is 1. The summed E-state index contributed by atoms with van der Waals surface area (Å²) < 4.78 is 42.9. The fourth-order valence-electron chi connectivity index (χ4n) is 6.69. The molecule has 1 fully saturated rings. The third-order valence-electron chi connectivity index (χ3n) is 8.83. The third kappa shape index (κ3) is 5.62. The maximum Gasteiger partial charge on any atom is 0.416 e. The first-order valence-corrected chi connectivity index (χ1v) is 15.0. The lowest BCUT2D eigenvalue weighted by molar-refractivity contribution is -0.140. The molecule has 4 aromatic rings. The molecular formula is C33H31ClF3N3O3. The summed E-state index contributed by atoms with van der Waals surface area (Å²) >= 11 is 6.80. The SMILES string of the molecule is O=C(O)C1CN(CCC2CCCCC2)c2c(-c3cccc(C(F)(F)F)c3)c(Cc3ccnc4ccccc34)c(Cl)c(=O)n21. The van der Waals surface area contributed by atoms with Gasteiger partial charge < -0.3 is 10.0 Å². The molecule has 1 aliphatic heterocycles. The van der Waals surface area contributed by atoms with E-state index in [9.17, 15) is 27.9 Å². The number of aliphatic carboxylic acids is 1. The van der Waals surface area contributed by atoms with Gasteiger partial charge in [0.05, 0.1) is 17.6 Å². The molecule has 0 spiro atoms. The van der Waals surface area contributed by atoms with Crippen LogP contribution < -0.4 is 10.5 Å². The second-order valence-corrected chi connectivity index (χ2v) is 11.9. The smallest absolute Gasteiger partial charge is 0.416 e. The van der Waals surface area contributed by atoms with Gasteiger partial charge in [0.15, 0.2) is 6.04 Å². The van der Waals surface area contributed by atoms with Gasteiger partial charge in [-0.05, 0) is 53.3 Å². The average molecular weight is 610 g/mol. The van der Waals surface area contributed by atoms with E-state index >= 15 is 0 Å². The Morgan fingerprint density at radius 2 is 1.81 bits per heavy atom. The molecule has 1 atom stereocenters. The lowest BCUT2D eigenvalue weighted by Crippen LogP contribution is -2.29. The Morgan fingerprint density at radius 1 is 1.05 bits per heavy atom. The van der Waals surface area contributed by atoms with Crippen molar-refractivity contribution in [2.75, 3.05) is 18.0 Å². The molecule has 1 aliphatic carbocycles. The Balaban J connectivity index is 1.58. The molecule has 0 bridgehead atoms. The Bertz CT molecular complexity index is 1740. The molecule has 1 saturated carbocycles. The van der Waals surface area contributed by atoms with Crippen LogP contribution in [0.3, 0.4) is 0 Å². The van der Waals surface area contributed by atoms with E-state index in [0.29, 0.717) is 29.4 Å². The first-order chi connectivity index (χ1) is 20.6. The van der Waals surface area contributed by atoms with Crippen molar-refractivity contribution in [1.29, 1.82) is 0 Å². The van der Waals surface area contributed by atoms with E-state index in [1.54, 1.807) is 18.3 Å². The van der Waals surface area contributed by atoms with E-state index in [2.05, 4.69) is 4.98 Å². The number of pyridine rings is 2. The van der Waals surface area contributed by atoms with Crippen LogP contribution in [0.5, 0.6) is 0 Å². The van der Waals surface area contributed by atoms with E-state index in [4.69, 9.17) is 11.6 Å². The molecule has 224 valence electrons. The second kappa shape index (κ2) is 11.7. The van der Waals surface area contributed by atoms with Crippen LogP contribution in [-0.2, 0) is 17.4 Å². The minimum absolute atomic E-state index is 0.0290. The minimum atomic E-state index is -4.60. The molecule has 3 heterocycles. The van der Waals surface area contributed by atoms with Crippen LogP contribution in [0.4, 0.5) is 19.0 Å². The summed E-state index contributed by atoms with van der Waals surface area (Å²) in [7, 11) is 0. The first kappa shape index (κ1) is 29.2. The highest BCUT2D eigenvalue weighted by Gasteiger charge is 2.40. The monoisotopic (exact) mass is 609 g/mol. The molecule has 43 heavy (non-hydrogen) atoms. The van der Waals surface area contributed by atoms with Crippen molar-refractivity contribution in [3.8, 4) is 11.1 Å². The van der Waals surface area contributed by atoms with Crippen LogP contribution in [0, 0.1) is 5.92 Å². The fourth-order valence-corrected chi connectivity index (χ4v) is 6.94. The van der Waals surface area contributed by atoms with Gasteiger partial charge >= 0.3 is 12.1 Å². The number of hydrogen-bond acceptors (Lipinski definition) is 4. The van der Waals surface area contributed by atoms with Crippen LogP contribution in [0.25, 0.3) is 22.0 Å². The summed E-state index contributed by atoms with van der Waals surface area (Å²) in [6.45, 7) is 0.514. The molecule has 0 saturated heterocycles. The van der Waals surface area contributed by atoms with Gasteiger partial charge in [-0.25, -0.2) is 4.79 Å². The number of fused-ring (bicyclic) bond motifs is 2. The van der Waals surface area contributed by atoms with Gasteiger partial charge in [0.1, 0.15) is 10.8 Å². The lowest BCUT2D eigenvalue weighted by atomic mass is 9.87. The number of halogens is 4. The standard InChI is InChI=1S/C33H31ClF3N3O3/c34-29-25(18-21-13-15-38-26-12-5-4-11-24(21)26)28(22-9-6-10-23(17-22)33(35,36)37)30-39(16-14-20-7-2-1-3-8-20)19-27(32(42)43)40(30)31(29)41/h4-6,9-13,15,17,20,27H,1-3,7-8,14,16,18-19H2,(H,42,43). The second-order valence-electron chi connectivity index (χ2n) is 11.5. The van der Waals surface area contributed by atoms with Crippen LogP contribution in [0.15, 0.2) is 65.6 Å². The van der Waals surface area contributed by atoms with Crippen molar-refractivity contribution in [2.45, 2.75) is 57.2 Å². The third-order valence-corrected chi connectivity index (χ3v) is 9.22. The summed E-state index contributed by atoms with van der Waals surface area (Å²) in [5, 5.41) is 10.8. The highest BCUT2D eigenvalue weighted by atomic mass is 35.5. The van der Waals surface area contributed by atoms with E-state index in [1.807, 2.05) is 29.2 Å². The van der Waals surface area contributed by atoms with E-state index in [1.165, 1.54) is 17.1 Å². The number of hydrogen-bond donors (Lipinski definition) is 1. The number of benzene rings is 2. The number of alkyl halides is 3. The van der Waals surface area contributed by atoms with Gasteiger partial charge in [-0.3, -0.25) is 14.3 Å². The Morgan fingerprint density at radius 3 is 2.56 bits per heavy atom. The number of rotatable bonds is 7. The average Bonchev–Trinajstić information content (AvgIpc) is 3.39. The maximum absolute atomic E-state index is 13.9. The highest BCUT2D eigenvalue weighted by Crippen LogP contribution is 2.44. The van der Waals surface area contributed by atoms with Crippen molar-refractivity contribution < 1.29 is 23.1 Å². The van der Waals surface area contributed by atoms with E-state index in [0.717, 1.165) is 60.7 Å². The number of carboxylic acids is 1. The van der Waals surface area contributed by atoms with Crippen molar-refractivity contribution in [3.63, 3.8) is 0 Å². The summed E-state index contributed by atoms with van der Waals surface area (Å²) in [6, 6.07) is 13.0. The molecule has 6 nitrogen and oxygen atoms in total. The van der Waals surface area contributed by atoms with Gasteiger partial charge in [-0.2, -0.15) is 13.2 Å². The zero-order chi connectivity index (χ0) is 30.3. The van der Waals surface area contributed by atoms with Gasteiger partial charge in [0.2, 0.25) is 0 Å². The number of aromatic nitrogens is 2. The molecule has 1 unspecified atom stereocenters. The van der Waals surface area contributed by atoms with Crippen molar-refractivity contribution in [2.24, 2.45) is 5.92 Å². The summed E-state index contributed by atoms with van der Waals surface area (Å²) in [5.74, 6) is -0.405. The maximum atomic E-state index is 13.9. The van der Waals surface area contributed by atoms with Crippen LogP contribution >= 0.6 is 11.6 Å². The molecular weight excluding hydrogens is 579 g/mol.